The van der Waals surface area contributed by atoms with Crippen molar-refractivity contribution in [2.75, 3.05) is 0 Å². The molecule has 0 fully saturated rings. The van der Waals surface area contributed by atoms with Crippen LogP contribution < -0.4 is 0 Å². The maximum absolute atomic E-state index is 11.1. The van der Waals surface area contributed by atoms with Crippen molar-refractivity contribution in [1.29, 1.82) is 0 Å². The molecule has 0 amide bonds. The lowest BCUT2D eigenvalue weighted by molar-refractivity contribution is 0.627. The van der Waals surface area contributed by atoms with Gasteiger partial charge in [-0.15, -0.1) is 0 Å². The Balaban J connectivity index is 2.65. The van der Waals surface area contributed by atoms with Gasteiger partial charge in [-0.25, -0.2) is 4.98 Å². The zero-order valence-electron chi connectivity index (χ0n) is 8.47. The summed E-state index contributed by atoms with van der Waals surface area (Å²) in [6, 6.07) is 5.64. The van der Waals surface area contributed by atoms with Crippen LogP contribution in [0.3, 0.4) is 0 Å². The van der Waals surface area contributed by atoms with Crippen LogP contribution >= 0.6 is 12.2 Å². The first-order valence-corrected chi connectivity index (χ1v) is 6.33. The molecule has 1 N–H and O–H groups in total. The van der Waals surface area contributed by atoms with Gasteiger partial charge in [0.25, 0.3) is 0 Å². The van der Waals surface area contributed by atoms with Gasteiger partial charge in [0.2, 0.25) is 10.3 Å². The molecule has 0 atom stereocenters. The van der Waals surface area contributed by atoms with Gasteiger partial charge in [0.05, 0.1) is 11.2 Å². The molecular weight excluding hydrogens is 256 g/mol. The topological polar surface area (TPSA) is 62.8 Å². The quantitative estimate of drug-likeness (QED) is 0.734. The van der Waals surface area contributed by atoms with Gasteiger partial charge in [-0.05, 0) is 29.9 Å². The van der Waals surface area contributed by atoms with E-state index in [9.17, 15) is 8.42 Å². The van der Waals surface area contributed by atoms with Crippen LogP contribution in [-0.4, -0.2) is 23.3 Å². The smallest absolute Gasteiger partial charge is 0.223 e. The Kier molecular flexibility index (Phi) is 2.20. The van der Waals surface area contributed by atoms with Crippen molar-refractivity contribution in [3.8, 4) is 0 Å². The van der Waals surface area contributed by atoms with Crippen LogP contribution in [0.2, 0.25) is 0 Å². The number of nitrogens with zero attached hydrogens (tertiary/aromatic N) is 1. The van der Waals surface area contributed by atoms with Crippen molar-refractivity contribution >= 4 is 44.4 Å². The highest BCUT2D eigenvalue weighted by molar-refractivity contribution is 7.74. The molecule has 2 aromatic rings. The number of nitrogens with one attached hydrogen (secondary N) is 1. The van der Waals surface area contributed by atoms with Crippen LogP contribution in [0.5, 0.6) is 0 Å². The van der Waals surface area contributed by atoms with E-state index in [1.54, 1.807) is 12.2 Å². The Morgan fingerprint density at radius 2 is 2.06 bits per heavy atom. The SMILES string of the molecule is O=S(=O)=C1C=Cc2cccc3[nH]c(=S)nc1c23. The summed E-state index contributed by atoms with van der Waals surface area (Å²) in [4.78, 5) is 7.24. The van der Waals surface area contributed by atoms with Crippen LogP contribution in [0, 0.1) is 4.77 Å². The third-order valence-electron chi connectivity index (χ3n) is 2.62. The van der Waals surface area contributed by atoms with Crippen molar-refractivity contribution in [1.82, 2.24) is 9.97 Å². The van der Waals surface area contributed by atoms with E-state index >= 15 is 0 Å². The fourth-order valence-electron chi connectivity index (χ4n) is 1.94. The Bertz CT molecular complexity index is 853. The Morgan fingerprint density at radius 1 is 1.24 bits per heavy atom. The van der Waals surface area contributed by atoms with Gasteiger partial charge in [-0.3, -0.25) is 0 Å². The molecule has 6 heteroatoms. The molecule has 1 aliphatic carbocycles. The number of H-pyrrole nitrogens is 1. The Labute approximate surface area is 103 Å². The summed E-state index contributed by atoms with van der Waals surface area (Å²) in [5, 5.41) is 0.794. The molecule has 0 saturated carbocycles. The van der Waals surface area contributed by atoms with Gasteiger partial charge in [0.15, 0.2) is 4.77 Å². The first-order valence-electron chi connectivity index (χ1n) is 4.84. The van der Waals surface area contributed by atoms with E-state index < -0.39 is 10.3 Å². The zero-order valence-corrected chi connectivity index (χ0v) is 10.1. The Morgan fingerprint density at radius 3 is 2.82 bits per heavy atom. The second-order valence-electron chi connectivity index (χ2n) is 3.59. The van der Waals surface area contributed by atoms with Crippen LogP contribution in [0.25, 0.3) is 17.0 Å². The van der Waals surface area contributed by atoms with Crippen molar-refractivity contribution in [2.45, 2.75) is 0 Å². The molecule has 0 saturated heterocycles. The fraction of sp³-hybridized carbons (Fsp3) is 0. The van der Waals surface area contributed by atoms with E-state index in [4.69, 9.17) is 12.2 Å². The maximum atomic E-state index is 11.1. The van der Waals surface area contributed by atoms with Gasteiger partial charge in [-0.2, -0.15) is 8.42 Å². The van der Waals surface area contributed by atoms with Gasteiger partial charge in [-0.1, -0.05) is 18.2 Å². The predicted octanol–water partition coefficient (Wildman–Crippen LogP) is 1.72. The predicted molar refractivity (Wildman–Crippen MR) is 69.0 cm³/mol. The molecule has 0 aliphatic heterocycles. The number of rotatable bonds is 0. The first kappa shape index (κ1) is 10.4. The third kappa shape index (κ3) is 1.53. The van der Waals surface area contributed by atoms with Gasteiger partial charge in [0, 0.05) is 5.39 Å². The van der Waals surface area contributed by atoms with E-state index in [0.29, 0.717) is 5.69 Å². The average molecular weight is 262 g/mol. The summed E-state index contributed by atoms with van der Waals surface area (Å²) in [6.07, 6.45) is 3.31. The molecule has 1 aromatic heterocycles. The monoisotopic (exact) mass is 262 g/mol. The number of hydrogen-bond acceptors (Lipinski definition) is 4. The summed E-state index contributed by atoms with van der Waals surface area (Å²) in [5.74, 6) is 0. The highest BCUT2D eigenvalue weighted by atomic mass is 32.2. The minimum atomic E-state index is -2.32. The zero-order chi connectivity index (χ0) is 12.0. The second-order valence-corrected chi connectivity index (χ2v) is 4.89. The molecule has 4 nitrogen and oxygen atoms in total. The highest BCUT2D eigenvalue weighted by Crippen LogP contribution is 2.25. The summed E-state index contributed by atoms with van der Waals surface area (Å²) in [7, 11) is -2.32. The van der Waals surface area contributed by atoms with Crippen molar-refractivity contribution in [3.63, 3.8) is 0 Å². The minimum Gasteiger partial charge on any atom is -0.330 e. The molecule has 3 rings (SSSR count). The summed E-state index contributed by atoms with van der Waals surface area (Å²) in [6.45, 7) is 0. The maximum Gasteiger partial charge on any atom is 0.223 e. The van der Waals surface area contributed by atoms with Gasteiger partial charge in [0.1, 0.15) is 4.86 Å². The van der Waals surface area contributed by atoms with Crippen molar-refractivity contribution in [3.05, 3.63) is 40.3 Å². The molecular formula is C11H6N2O2S2. The summed E-state index contributed by atoms with van der Waals surface area (Å²) < 4.78 is 22.6. The summed E-state index contributed by atoms with van der Waals surface area (Å²) >= 11 is 5.00. The number of hydrogen-bond donors (Lipinski definition) is 1. The lowest BCUT2D eigenvalue weighted by Gasteiger charge is -2.11. The number of aromatic amines is 1. The molecule has 17 heavy (non-hydrogen) atoms. The normalized spacial score (nSPS) is 13.1. The van der Waals surface area contributed by atoms with Crippen LogP contribution in [0.15, 0.2) is 24.3 Å². The highest BCUT2D eigenvalue weighted by Gasteiger charge is 2.16. The molecule has 0 radical (unpaired) electrons. The number of allylic oxidation sites excluding steroid dienone is 1. The molecule has 0 bridgehead atoms. The van der Waals surface area contributed by atoms with Gasteiger partial charge >= 0.3 is 0 Å². The number of benzene rings is 1. The van der Waals surface area contributed by atoms with Crippen LogP contribution in [0.4, 0.5) is 0 Å². The van der Waals surface area contributed by atoms with E-state index in [0.717, 1.165) is 16.5 Å². The molecule has 1 aromatic carbocycles. The Hall–Kier alpha value is -1.79. The minimum absolute atomic E-state index is 0.175. The molecule has 0 spiro atoms. The summed E-state index contributed by atoms with van der Waals surface area (Å²) in [5.41, 5.74) is 2.16. The first-order chi connectivity index (χ1) is 8.16. The number of aromatic nitrogens is 2. The molecule has 1 aliphatic rings. The fourth-order valence-corrected chi connectivity index (χ4v) is 2.62. The molecule has 0 unspecified atom stereocenters. The van der Waals surface area contributed by atoms with Crippen molar-refractivity contribution in [2.24, 2.45) is 0 Å². The van der Waals surface area contributed by atoms with E-state index in [2.05, 4.69) is 9.97 Å². The van der Waals surface area contributed by atoms with Gasteiger partial charge < -0.3 is 4.98 Å². The van der Waals surface area contributed by atoms with Crippen molar-refractivity contribution < 1.29 is 8.42 Å². The molecule has 1 heterocycles. The van der Waals surface area contributed by atoms with E-state index in [1.807, 2.05) is 18.2 Å². The van der Waals surface area contributed by atoms with E-state index in [1.165, 1.54) is 0 Å². The average Bonchev–Trinajstić information content (AvgIpc) is 2.28. The van der Waals surface area contributed by atoms with Crippen LogP contribution in [0.1, 0.15) is 11.3 Å². The largest absolute Gasteiger partial charge is 0.330 e. The molecule has 84 valence electrons. The second kappa shape index (κ2) is 3.61. The van der Waals surface area contributed by atoms with Crippen LogP contribution in [-0.2, 0) is 10.3 Å². The third-order valence-corrected chi connectivity index (χ3v) is 3.50. The lowest BCUT2D eigenvalue weighted by Crippen LogP contribution is -2.08. The van der Waals surface area contributed by atoms with E-state index in [-0.39, 0.29) is 9.64 Å². The standard InChI is InChI=1S/C11H6N2O2S2/c14-17(15)8-5-4-6-2-1-3-7-9(6)10(8)13-11(16)12-7/h1-5H,(H,12,13,16). The lowest BCUT2D eigenvalue weighted by atomic mass is 10.00.